The molecule has 6 aromatic rings. The molecule has 0 aliphatic heterocycles. The molecule has 0 aliphatic rings. The van der Waals surface area contributed by atoms with Gasteiger partial charge >= 0.3 is 5.63 Å². The van der Waals surface area contributed by atoms with Crippen molar-refractivity contribution < 1.29 is 9.52 Å². The maximum Gasteiger partial charge on any atom is 0.348 e. The smallest absolute Gasteiger partial charge is 0.348 e. The summed E-state index contributed by atoms with van der Waals surface area (Å²) < 4.78 is 5.57. The number of hydrogen-bond donors (Lipinski definition) is 3. The number of H-pyrrole nitrogens is 2. The van der Waals surface area contributed by atoms with E-state index in [0.717, 1.165) is 27.4 Å². The van der Waals surface area contributed by atoms with Crippen molar-refractivity contribution in [1.82, 2.24) is 15.2 Å². The maximum absolute atomic E-state index is 13.1. The van der Waals surface area contributed by atoms with E-state index >= 15 is 0 Å². The van der Waals surface area contributed by atoms with Crippen LogP contribution in [0.1, 0.15) is 0 Å². The van der Waals surface area contributed by atoms with Gasteiger partial charge in [0, 0.05) is 26.9 Å². The summed E-state index contributed by atoms with van der Waals surface area (Å²) in [6.45, 7) is 0. The first kappa shape index (κ1) is 17.8. The van der Waals surface area contributed by atoms with Gasteiger partial charge in [0.2, 0.25) is 0 Å². The van der Waals surface area contributed by atoms with Gasteiger partial charge in [-0.3, -0.25) is 5.10 Å². The van der Waals surface area contributed by atoms with Gasteiger partial charge in [-0.15, -0.1) is 0 Å². The molecule has 0 amide bonds. The number of fused-ring (bicyclic) bond motifs is 4. The molecule has 0 saturated heterocycles. The topological polar surface area (TPSA) is 94.9 Å². The van der Waals surface area contributed by atoms with Crippen LogP contribution in [0.5, 0.6) is 5.75 Å². The normalized spacial score (nSPS) is 11.6. The van der Waals surface area contributed by atoms with Crippen LogP contribution in [0.3, 0.4) is 0 Å². The molecular weight excluding hydrogens is 414 g/mol. The quantitative estimate of drug-likeness (QED) is 0.302. The van der Waals surface area contributed by atoms with Crippen LogP contribution in [0.25, 0.3) is 55.2 Å². The highest BCUT2D eigenvalue weighted by Crippen LogP contribution is 2.44. The standard InChI is InChI=1S/C24H14ClN3O3/c25-14-8-5-12(6-9-14)21-19(18-16(27-21)10-7-13-11-26-28-22(13)18)20-23(29)15-3-1-2-4-17(15)31-24(20)30/h1-11,27,29H,(H,26,28). The molecule has 0 radical (unpaired) electrons. The molecular formula is C24H14ClN3O3. The van der Waals surface area contributed by atoms with Gasteiger partial charge < -0.3 is 14.5 Å². The molecule has 6 rings (SSSR count). The third-order valence-electron chi connectivity index (χ3n) is 5.55. The van der Waals surface area contributed by atoms with E-state index in [4.69, 9.17) is 16.0 Å². The Balaban J connectivity index is 1.82. The summed E-state index contributed by atoms with van der Waals surface area (Å²) in [6, 6.07) is 18.1. The molecule has 3 heterocycles. The molecule has 6 nitrogen and oxygen atoms in total. The third-order valence-corrected chi connectivity index (χ3v) is 5.80. The SMILES string of the molecule is O=c1oc2ccccc2c(O)c1-c1c(-c2ccc(Cl)cc2)[nH]c2ccc3cn[nH]c3c12. The lowest BCUT2D eigenvalue weighted by Gasteiger charge is -2.09. The molecule has 31 heavy (non-hydrogen) atoms. The minimum atomic E-state index is -0.621. The highest BCUT2D eigenvalue weighted by molar-refractivity contribution is 6.30. The van der Waals surface area contributed by atoms with Gasteiger partial charge in [-0.05, 0) is 42.0 Å². The molecule has 0 bridgehead atoms. The number of para-hydroxylation sites is 1. The molecule has 0 atom stereocenters. The number of rotatable bonds is 2. The van der Waals surface area contributed by atoms with Crippen LogP contribution in [-0.2, 0) is 0 Å². The number of aromatic hydroxyl groups is 1. The van der Waals surface area contributed by atoms with Crippen molar-refractivity contribution in [2.75, 3.05) is 0 Å². The number of nitrogens with zero attached hydrogens (tertiary/aromatic N) is 1. The molecule has 0 fully saturated rings. The molecule has 150 valence electrons. The van der Waals surface area contributed by atoms with Crippen molar-refractivity contribution in [3.8, 4) is 28.1 Å². The number of hydrogen-bond acceptors (Lipinski definition) is 4. The molecule has 0 spiro atoms. The lowest BCUT2D eigenvalue weighted by atomic mass is 9.97. The highest BCUT2D eigenvalue weighted by Gasteiger charge is 2.25. The average molecular weight is 428 g/mol. The summed E-state index contributed by atoms with van der Waals surface area (Å²) in [5.41, 5.74) is 3.39. The molecule has 3 N–H and O–H groups in total. The van der Waals surface area contributed by atoms with E-state index < -0.39 is 5.63 Å². The fourth-order valence-corrected chi connectivity index (χ4v) is 4.26. The van der Waals surface area contributed by atoms with Gasteiger partial charge in [-0.2, -0.15) is 5.10 Å². The first-order valence-corrected chi connectivity index (χ1v) is 9.98. The first-order chi connectivity index (χ1) is 15.1. The Bertz CT molecular complexity index is 1680. The lowest BCUT2D eigenvalue weighted by molar-refractivity contribution is 0.471. The zero-order valence-electron chi connectivity index (χ0n) is 15.9. The third kappa shape index (κ3) is 2.59. The summed E-state index contributed by atoms with van der Waals surface area (Å²) >= 11 is 6.09. The zero-order valence-corrected chi connectivity index (χ0v) is 16.7. The van der Waals surface area contributed by atoms with Crippen LogP contribution >= 0.6 is 11.6 Å². The van der Waals surface area contributed by atoms with Crippen LogP contribution in [0.2, 0.25) is 5.02 Å². The second-order valence-electron chi connectivity index (χ2n) is 7.31. The summed E-state index contributed by atoms with van der Waals surface area (Å²) in [4.78, 5) is 16.5. The first-order valence-electron chi connectivity index (χ1n) is 9.60. The van der Waals surface area contributed by atoms with E-state index in [9.17, 15) is 9.90 Å². The predicted octanol–water partition coefficient (Wildman–Crippen LogP) is 5.84. The molecule has 3 aromatic carbocycles. The second-order valence-corrected chi connectivity index (χ2v) is 7.75. The maximum atomic E-state index is 13.1. The van der Waals surface area contributed by atoms with Crippen molar-refractivity contribution >= 4 is 44.4 Å². The molecule has 3 aromatic heterocycles. The summed E-state index contributed by atoms with van der Waals surface area (Å²) in [7, 11) is 0. The summed E-state index contributed by atoms with van der Waals surface area (Å²) in [5.74, 6) is -0.125. The Morgan fingerprint density at radius 2 is 1.77 bits per heavy atom. The summed E-state index contributed by atoms with van der Waals surface area (Å²) in [6.07, 6.45) is 1.72. The van der Waals surface area contributed by atoms with Gasteiger partial charge in [0.1, 0.15) is 16.9 Å². The monoisotopic (exact) mass is 427 g/mol. The van der Waals surface area contributed by atoms with Crippen LogP contribution < -0.4 is 5.63 Å². The van der Waals surface area contributed by atoms with E-state index in [0.29, 0.717) is 27.2 Å². The van der Waals surface area contributed by atoms with Crippen molar-refractivity contribution in [1.29, 1.82) is 0 Å². The molecule has 0 aliphatic carbocycles. The minimum absolute atomic E-state index is 0.0944. The largest absolute Gasteiger partial charge is 0.506 e. The van der Waals surface area contributed by atoms with E-state index in [1.807, 2.05) is 24.3 Å². The van der Waals surface area contributed by atoms with Crippen molar-refractivity contribution in [2.24, 2.45) is 0 Å². The Labute approximate surface area is 179 Å². The Hall–Kier alpha value is -4.03. The number of aromatic amines is 2. The van der Waals surface area contributed by atoms with Gasteiger partial charge in [0.25, 0.3) is 0 Å². The van der Waals surface area contributed by atoms with E-state index in [-0.39, 0.29) is 11.3 Å². The van der Waals surface area contributed by atoms with Crippen molar-refractivity contribution in [2.45, 2.75) is 0 Å². The zero-order chi connectivity index (χ0) is 21.1. The average Bonchev–Trinajstić information content (AvgIpc) is 3.39. The van der Waals surface area contributed by atoms with Gasteiger partial charge in [-0.25, -0.2) is 4.79 Å². The van der Waals surface area contributed by atoms with Crippen molar-refractivity contribution in [3.05, 3.63) is 82.3 Å². The highest BCUT2D eigenvalue weighted by atomic mass is 35.5. The molecule has 7 heteroatoms. The molecule has 0 unspecified atom stereocenters. The van der Waals surface area contributed by atoms with Gasteiger partial charge in [-0.1, -0.05) is 35.9 Å². The van der Waals surface area contributed by atoms with E-state index in [1.54, 1.807) is 42.6 Å². The Kier molecular flexibility index (Phi) is 3.72. The predicted molar refractivity (Wildman–Crippen MR) is 122 cm³/mol. The fraction of sp³-hybridized carbons (Fsp3) is 0. The van der Waals surface area contributed by atoms with Gasteiger partial charge in [0.15, 0.2) is 0 Å². The number of aromatic nitrogens is 3. The molecule has 0 saturated carbocycles. The Morgan fingerprint density at radius 3 is 2.61 bits per heavy atom. The van der Waals surface area contributed by atoms with Crippen molar-refractivity contribution in [3.63, 3.8) is 0 Å². The Morgan fingerprint density at radius 1 is 0.968 bits per heavy atom. The number of halogens is 1. The second kappa shape index (κ2) is 6.48. The van der Waals surface area contributed by atoms with E-state index in [2.05, 4.69) is 15.2 Å². The number of nitrogens with one attached hydrogen (secondary N) is 2. The van der Waals surface area contributed by atoms with E-state index in [1.165, 1.54) is 0 Å². The van der Waals surface area contributed by atoms with Crippen LogP contribution in [-0.4, -0.2) is 20.3 Å². The van der Waals surface area contributed by atoms with Crippen LogP contribution in [0, 0.1) is 0 Å². The fourth-order valence-electron chi connectivity index (χ4n) is 4.14. The lowest BCUT2D eigenvalue weighted by Crippen LogP contribution is -2.04. The minimum Gasteiger partial charge on any atom is -0.506 e. The van der Waals surface area contributed by atoms with Crippen LogP contribution in [0.15, 0.2) is 76.1 Å². The van der Waals surface area contributed by atoms with Gasteiger partial charge in [0.05, 0.1) is 22.8 Å². The van der Waals surface area contributed by atoms with Crippen LogP contribution in [0.4, 0.5) is 0 Å². The number of benzene rings is 3. The summed E-state index contributed by atoms with van der Waals surface area (Å²) in [5, 5.41) is 21.1.